The van der Waals surface area contributed by atoms with Crippen LogP contribution in [-0.4, -0.2) is 19.0 Å². The molecule has 25 heavy (non-hydrogen) atoms. The normalized spacial score (nSPS) is 14.2. The van der Waals surface area contributed by atoms with Crippen LogP contribution in [0.1, 0.15) is 11.1 Å². The first-order valence-electron chi connectivity index (χ1n) is 7.58. The fourth-order valence-electron chi connectivity index (χ4n) is 2.42. The second kappa shape index (κ2) is 7.10. The van der Waals surface area contributed by atoms with Crippen molar-refractivity contribution in [3.05, 3.63) is 65.5 Å². The van der Waals surface area contributed by atoms with Crippen molar-refractivity contribution < 1.29 is 22.4 Å². The number of alkyl halides is 3. The molecule has 0 radical (unpaired) electrons. The Morgan fingerprint density at radius 3 is 2.48 bits per heavy atom. The summed E-state index contributed by atoms with van der Waals surface area (Å²) < 4.78 is 54.3. The molecule has 1 aliphatic heterocycles. The molecule has 0 aromatic heterocycles. The number of nitrogens with zero attached hydrogens (tertiary/aromatic N) is 2. The van der Waals surface area contributed by atoms with Gasteiger partial charge in [0, 0.05) is 6.54 Å². The van der Waals surface area contributed by atoms with Gasteiger partial charge in [-0.1, -0.05) is 36.4 Å². The zero-order valence-electron chi connectivity index (χ0n) is 13.1. The molecule has 0 atom stereocenters. The Bertz CT molecular complexity index is 762. The Balaban J connectivity index is 1.98. The largest absolute Gasteiger partial charge is 0.418 e. The van der Waals surface area contributed by atoms with Gasteiger partial charge in [-0.25, -0.2) is 9.38 Å². The molecule has 0 saturated carbocycles. The number of hydroxylamine groups is 1. The van der Waals surface area contributed by atoms with E-state index in [0.29, 0.717) is 13.1 Å². The second-order valence-corrected chi connectivity index (χ2v) is 5.32. The van der Waals surface area contributed by atoms with Crippen LogP contribution in [0.2, 0.25) is 0 Å². The van der Waals surface area contributed by atoms with Crippen LogP contribution < -0.4 is 10.4 Å². The summed E-state index contributed by atoms with van der Waals surface area (Å²) in [4.78, 5) is 9.58. The number of rotatable bonds is 4. The smallest absolute Gasteiger partial charge is 0.352 e. The van der Waals surface area contributed by atoms with Crippen molar-refractivity contribution in [3.8, 4) is 0 Å². The van der Waals surface area contributed by atoms with Crippen molar-refractivity contribution in [3.63, 3.8) is 0 Å². The number of aliphatic imine (C=N–C) groups is 1. The summed E-state index contributed by atoms with van der Waals surface area (Å²) in [6.45, 7) is 0.778. The van der Waals surface area contributed by atoms with E-state index in [9.17, 15) is 17.6 Å². The van der Waals surface area contributed by atoms with Gasteiger partial charge in [-0.05, 0) is 17.7 Å². The molecule has 0 aliphatic carbocycles. The van der Waals surface area contributed by atoms with E-state index in [1.54, 1.807) is 24.3 Å². The van der Waals surface area contributed by atoms with E-state index >= 15 is 0 Å². The predicted octanol–water partition coefficient (Wildman–Crippen LogP) is 3.74. The Morgan fingerprint density at radius 1 is 1.08 bits per heavy atom. The van der Waals surface area contributed by atoms with Gasteiger partial charge in [0.2, 0.25) is 5.96 Å². The molecule has 0 fully saturated rings. The number of hydrogen-bond donors (Lipinski definition) is 1. The number of benzene rings is 2. The van der Waals surface area contributed by atoms with Crippen LogP contribution in [0, 0.1) is 5.82 Å². The maximum atomic E-state index is 14.3. The number of nitrogens with one attached hydrogen (secondary N) is 1. The van der Waals surface area contributed by atoms with E-state index in [1.165, 1.54) is 0 Å². The Morgan fingerprint density at radius 2 is 1.84 bits per heavy atom. The zero-order chi connectivity index (χ0) is 17.9. The molecule has 0 amide bonds. The van der Waals surface area contributed by atoms with E-state index in [-0.39, 0.29) is 12.6 Å². The molecule has 0 unspecified atom stereocenters. The summed E-state index contributed by atoms with van der Waals surface area (Å²) in [5.41, 5.74) is -1.10. The molecule has 4 nitrogen and oxygen atoms in total. The minimum absolute atomic E-state index is 0.0346. The average molecular weight is 353 g/mol. The highest BCUT2D eigenvalue weighted by Gasteiger charge is 2.38. The summed E-state index contributed by atoms with van der Waals surface area (Å²) in [7, 11) is 0. The van der Waals surface area contributed by atoms with Crippen molar-refractivity contribution in [1.82, 2.24) is 5.32 Å². The number of hydrogen-bond acceptors (Lipinski definition) is 4. The number of anilines is 1. The molecule has 1 N–H and O–H groups in total. The summed E-state index contributed by atoms with van der Waals surface area (Å²) in [6, 6.07) is 11.7. The fourth-order valence-corrected chi connectivity index (χ4v) is 2.42. The van der Waals surface area contributed by atoms with Crippen LogP contribution >= 0.6 is 0 Å². The minimum Gasteiger partial charge on any atom is -0.352 e. The summed E-state index contributed by atoms with van der Waals surface area (Å²) in [5, 5.41) is 3.60. The Labute approximate surface area is 141 Å². The van der Waals surface area contributed by atoms with Crippen molar-refractivity contribution in [1.29, 1.82) is 0 Å². The molecule has 1 aliphatic rings. The van der Waals surface area contributed by atoms with Crippen molar-refractivity contribution in [2.75, 3.05) is 18.2 Å². The third kappa shape index (κ3) is 3.90. The molecule has 2 aromatic rings. The first-order chi connectivity index (χ1) is 12.0. The number of guanidine groups is 1. The first-order valence-corrected chi connectivity index (χ1v) is 7.58. The van der Waals surface area contributed by atoms with Crippen LogP contribution in [0.3, 0.4) is 0 Å². The van der Waals surface area contributed by atoms with Crippen LogP contribution in [0.4, 0.5) is 23.2 Å². The lowest BCUT2D eigenvalue weighted by Crippen LogP contribution is -2.40. The Kier molecular flexibility index (Phi) is 4.89. The maximum absolute atomic E-state index is 14.3. The third-order valence-corrected chi connectivity index (χ3v) is 3.55. The summed E-state index contributed by atoms with van der Waals surface area (Å²) >= 11 is 0. The van der Waals surface area contributed by atoms with Crippen LogP contribution in [0.5, 0.6) is 0 Å². The van der Waals surface area contributed by atoms with Crippen LogP contribution in [-0.2, 0) is 17.6 Å². The van der Waals surface area contributed by atoms with E-state index in [1.807, 2.05) is 6.07 Å². The van der Waals surface area contributed by atoms with Gasteiger partial charge in [-0.3, -0.25) is 4.84 Å². The number of halogens is 4. The van der Waals surface area contributed by atoms with E-state index in [0.717, 1.165) is 28.8 Å². The van der Waals surface area contributed by atoms with Crippen LogP contribution in [0.15, 0.2) is 53.5 Å². The summed E-state index contributed by atoms with van der Waals surface area (Å²) in [6.07, 6.45) is -4.73. The van der Waals surface area contributed by atoms with Gasteiger partial charge in [0.05, 0.1) is 12.1 Å². The maximum Gasteiger partial charge on any atom is 0.418 e. The topological polar surface area (TPSA) is 36.9 Å². The molecular weight excluding hydrogens is 338 g/mol. The van der Waals surface area contributed by atoms with Gasteiger partial charge in [0.15, 0.2) is 0 Å². The van der Waals surface area contributed by atoms with Gasteiger partial charge in [0.25, 0.3) is 0 Å². The molecule has 0 spiro atoms. The summed E-state index contributed by atoms with van der Waals surface area (Å²) in [5.74, 6) is -0.995. The van der Waals surface area contributed by atoms with Crippen molar-refractivity contribution in [2.24, 2.45) is 4.99 Å². The zero-order valence-corrected chi connectivity index (χ0v) is 13.1. The minimum atomic E-state index is -4.73. The second-order valence-electron chi connectivity index (χ2n) is 5.32. The quantitative estimate of drug-likeness (QED) is 0.672. The van der Waals surface area contributed by atoms with Gasteiger partial charge in [-0.2, -0.15) is 18.2 Å². The highest BCUT2D eigenvalue weighted by atomic mass is 19.4. The fraction of sp³-hybridized carbons (Fsp3) is 0.235. The monoisotopic (exact) mass is 353 g/mol. The molecule has 0 saturated heterocycles. The molecule has 0 bridgehead atoms. The predicted molar refractivity (Wildman–Crippen MR) is 85.4 cm³/mol. The highest BCUT2D eigenvalue weighted by molar-refractivity contribution is 5.96. The third-order valence-electron chi connectivity index (χ3n) is 3.55. The lowest BCUT2D eigenvalue weighted by Gasteiger charge is -2.26. The van der Waals surface area contributed by atoms with Gasteiger partial charge in [0.1, 0.15) is 18.1 Å². The van der Waals surface area contributed by atoms with Gasteiger partial charge in [-0.15, -0.1) is 0 Å². The van der Waals surface area contributed by atoms with E-state index in [2.05, 4.69) is 10.3 Å². The van der Waals surface area contributed by atoms with Crippen LogP contribution in [0.25, 0.3) is 0 Å². The molecular formula is C17H15F4N3O. The first kappa shape index (κ1) is 17.2. The molecule has 1 heterocycles. The number of para-hydroxylation sites is 1. The van der Waals surface area contributed by atoms with E-state index in [4.69, 9.17) is 4.84 Å². The van der Waals surface area contributed by atoms with Gasteiger partial charge >= 0.3 is 6.18 Å². The SMILES string of the molecule is Fc1cccc(C(F)(F)F)c1N(OCc1ccccc1)C1=NCCN1. The molecule has 132 valence electrons. The average Bonchev–Trinajstić information content (AvgIpc) is 3.10. The lowest BCUT2D eigenvalue weighted by atomic mass is 10.1. The van der Waals surface area contributed by atoms with E-state index < -0.39 is 23.2 Å². The lowest BCUT2D eigenvalue weighted by molar-refractivity contribution is -0.137. The van der Waals surface area contributed by atoms with Gasteiger partial charge < -0.3 is 5.32 Å². The molecule has 3 rings (SSSR count). The highest BCUT2D eigenvalue weighted by Crippen LogP contribution is 2.38. The molecule has 2 aromatic carbocycles. The van der Waals surface area contributed by atoms with Crippen molar-refractivity contribution >= 4 is 11.6 Å². The standard InChI is InChI=1S/C17H15F4N3O/c18-14-8-4-7-13(17(19,20)21)15(14)24(16-22-9-10-23-16)25-11-12-5-2-1-3-6-12/h1-8H,9-11H2,(H,22,23). The molecule has 8 heteroatoms. The Hall–Kier alpha value is -2.61. The van der Waals surface area contributed by atoms with Crippen molar-refractivity contribution in [2.45, 2.75) is 12.8 Å².